The summed E-state index contributed by atoms with van der Waals surface area (Å²) in [5, 5.41) is 33.1. The van der Waals surface area contributed by atoms with E-state index in [4.69, 9.17) is 0 Å². The number of aliphatic hydroxyl groups is 3. The minimum Gasteiger partial charge on any atom is -0.394 e. The summed E-state index contributed by atoms with van der Waals surface area (Å²) in [6.07, 6.45) is 32.8. The topological polar surface area (TPSA) is 89.8 Å². The molecule has 5 heteroatoms. The molecule has 5 nitrogen and oxygen atoms in total. The molecule has 4 N–H and O–H groups in total. The van der Waals surface area contributed by atoms with Crippen LogP contribution in [-0.4, -0.2) is 46.1 Å². The fraction of sp³-hybridized carbons (Fsp3) is 0.853. The van der Waals surface area contributed by atoms with E-state index < -0.39 is 18.2 Å². The highest BCUT2D eigenvalue weighted by atomic mass is 16.3. The molecule has 0 saturated carbocycles. The van der Waals surface area contributed by atoms with Gasteiger partial charge in [-0.2, -0.15) is 0 Å². The molecule has 0 aliphatic heterocycles. The van der Waals surface area contributed by atoms with E-state index in [9.17, 15) is 20.1 Å². The lowest BCUT2D eigenvalue weighted by Gasteiger charge is -2.26. The second kappa shape index (κ2) is 29.8. The number of hydrogen-bond acceptors (Lipinski definition) is 4. The lowest BCUT2D eigenvalue weighted by atomic mass is 10.0. The van der Waals surface area contributed by atoms with E-state index in [1.54, 1.807) is 0 Å². The Morgan fingerprint density at radius 2 is 1.10 bits per heavy atom. The summed E-state index contributed by atoms with van der Waals surface area (Å²) in [4.78, 5) is 12.3. The van der Waals surface area contributed by atoms with Crippen LogP contribution in [0.2, 0.25) is 0 Å². The standard InChI is InChI=1S/C34H65NO4/c1-3-5-7-9-11-13-14-15-16-17-18-19-21-23-25-27-29-33(38)35-31(30-36)34(39)32(37)28-26-24-22-20-12-10-8-6-4-2/h6,8,20,22,31-32,34,36-37,39H,3-5,7,9-19,21,23-30H2,1-2H3,(H,35,38)/b8-6+,22-20+. The van der Waals surface area contributed by atoms with Gasteiger partial charge in [0.15, 0.2) is 0 Å². The van der Waals surface area contributed by atoms with Gasteiger partial charge in [-0.05, 0) is 44.9 Å². The van der Waals surface area contributed by atoms with E-state index in [1.807, 2.05) is 0 Å². The van der Waals surface area contributed by atoms with Gasteiger partial charge in [-0.1, -0.05) is 134 Å². The number of carbonyl (C=O) groups is 1. The summed E-state index contributed by atoms with van der Waals surface area (Å²) in [5.41, 5.74) is 0. The highest BCUT2D eigenvalue weighted by molar-refractivity contribution is 5.76. The minimum atomic E-state index is -1.16. The van der Waals surface area contributed by atoms with E-state index >= 15 is 0 Å². The molecule has 0 heterocycles. The molecule has 3 atom stereocenters. The van der Waals surface area contributed by atoms with Crippen LogP contribution in [0.5, 0.6) is 0 Å². The summed E-state index contributed by atoms with van der Waals surface area (Å²) in [6, 6.07) is -0.825. The van der Waals surface area contributed by atoms with Gasteiger partial charge in [0, 0.05) is 6.42 Å². The molecule has 1 amide bonds. The van der Waals surface area contributed by atoms with Gasteiger partial charge >= 0.3 is 0 Å². The molecule has 39 heavy (non-hydrogen) atoms. The van der Waals surface area contributed by atoms with Crippen molar-refractivity contribution >= 4 is 5.91 Å². The lowest BCUT2D eigenvalue weighted by Crippen LogP contribution is -2.50. The second-order valence-electron chi connectivity index (χ2n) is 11.3. The number of unbranched alkanes of at least 4 members (excludes halogenated alkanes) is 17. The first-order valence-electron chi connectivity index (χ1n) is 16.6. The number of amides is 1. The Kier molecular flexibility index (Phi) is 28.9. The van der Waals surface area contributed by atoms with Gasteiger partial charge in [-0.15, -0.1) is 0 Å². The van der Waals surface area contributed by atoms with Crippen molar-refractivity contribution in [3.63, 3.8) is 0 Å². The van der Waals surface area contributed by atoms with Crippen molar-refractivity contribution in [3.8, 4) is 0 Å². The number of aliphatic hydroxyl groups excluding tert-OH is 3. The van der Waals surface area contributed by atoms with Gasteiger partial charge in [0.05, 0.1) is 18.8 Å². The lowest BCUT2D eigenvalue weighted by molar-refractivity contribution is -0.124. The molecule has 0 radical (unpaired) electrons. The molecule has 0 aliphatic carbocycles. The predicted molar refractivity (Wildman–Crippen MR) is 167 cm³/mol. The molecule has 0 saturated heterocycles. The molecule has 230 valence electrons. The van der Waals surface area contributed by atoms with Crippen molar-refractivity contribution in [2.45, 2.75) is 180 Å². The number of hydrogen-bond donors (Lipinski definition) is 4. The molecule has 0 aromatic rings. The molecule has 3 unspecified atom stereocenters. The third-order valence-corrected chi connectivity index (χ3v) is 7.55. The monoisotopic (exact) mass is 551 g/mol. The van der Waals surface area contributed by atoms with Crippen LogP contribution in [0.15, 0.2) is 24.3 Å². The van der Waals surface area contributed by atoms with E-state index in [0.29, 0.717) is 12.8 Å². The Labute approximate surface area is 241 Å². The van der Waals surface area contributed by atoms with Crippen molar-refractivity contribution < 1.29 is 20.1 Å². The Hall–Kier alpha value is -1.17. The first-order valence-corrected chi connectivity index (χ1v) is 16.6. The third-order valence-electron chi connectivity index (χ3n) is 7.55. The second-order valence-corrected chi connectivity index (χ2v) is 11.3. The summed E-state index contributed by atoms with van der Waals surface area (Å²) in [7, 11) is 0. The summed E-state index contributed by atoms with van der Waals surface area (Å²) in [6.45, 7) is 4.01. The van der Waals surface area contributed by atoms with Crippen molar-refractivity contribution in [2.75, 3.05) is 6.61 Å². The van der Waals surface area contributed by atoms with Gasteiger partial charge in [-0.25, -0.2) is 0 Å². The van der Waals surface area contributed by atoms with Crippen molar-refractivity contribution in [3.05, 3.63) is 24.3 Å². The van der Waals surface area contributed by atoms with Crippen molar-refractivity contribution in [2.24, 2.45) is 0 Å². The Morgan fingerprint density at radius 3 is 1.59 bits per heavy atom. The van der Waals surface area contributed by atoms with E-state index in [1.165, 1.54) is 83.5 Å². The average Bonchev–Trinajstić information content (AvgIpc) is 2.94. The van der Waals surface area contributed by atoms with Crippen LogP contribution in [0.1, 0.15) is 162 Å². The SMILES string of the molecule is CC/C=C/CC/C=C/CCCC(O)C(O)C(CO)NC(=O)CCCCCCCCCCCCCCCCCC. The maximum absolute atomic E-state index is 12.3. The van der Waals surface area contributed by atoms with Crippen LogP contribution in [0.4, 0.5) is 0 Å². The molecular weight excluding hydrogens is 486 g/mol. The fourth-order valence-corrected chi connectivity index (χ4v) is 4.95. The van der Waals surface area contributed by atoms with Gasteiger partial charge in [-0.3, -0.25) is 4.79 Å². The maximum atomic E-state index is 12.3. The average molecular weight is 552 g/mol. The first-order chi connectivity index (χ1) is 19.1. The Balaban J connectivity index is 3.71. The molecule has 0 bridgehead atoms. The predicted octanol–water partition coefficient (Wildman–Crippen LogP) is 8.31. The zero-order chi connectivity index (χ0) is 28.8. The van der Waals surface area contributed by atoms with Crippen LogP contribution < -0.4 is 5.32 Å². The fourth-order valence-electron chi connectivity index (χ4n) is 4.95. The zero-order valence-electron chi connectivity index (χ0n) is 25.8. The number of allylic oxidation sites excluding steroid dienone is 4. The van der Waals surface area contributed by atoms with E-state index in [2.05, 4.69) is 43.5 Å². The zero-order valence-corrected chi connectivity index (χ0v) is 25.8. The first kappa shape index (κ1) is 37.8. The molecule has 0 aliphatic rings. The number of nitrogens with one attached hydrogen (secondary N) is 1. The van der Waals surface area contributed by atoms with Gasteiger partial charge in [0.1, 0.15) is 6.10 Å². The molecule has 0 spiro atoms. The summed E-state index contributed by atoms with van der Waals surface area (Å²) in [5.74, 6) is -0.161. The largest absolute Gasteiger partial charge is 0.394 e. The normalized spacial score (nSPS) is 14.3. The maximum Gasteiger partial charge on any atom is 0.220 e. The highest BCUT2D eigenvalue weighted by Gasteiger charge is 2.26. The smallest absolute Gasteiger partial charge is 0.220 e. The number of rotatable bonds is 29. The van der Waals surface area contributed by atoms with Crippen LogP contribution in [0.3, 0.4) is 0 Å². The molecular formula is C34H65NO4. The molecule has 0 aromatic carbocycles. The molecule has 0 fully saturated rings. The van der Waals surface area contributed by atoms with E-state index in [-0.39, 0.29) is 12.5 Å². The van der Waals surface area contributed by atoms with Gasteiger partial charge in [0.25, 0.3) is 0 Å². The Morgan fingerprint density at radius 1 is 0.641 bits per heavy atom. The van der Waals surface area contributed by atoms with Gasteiger partial charge < -0.3 is 20.6 Å². The molecule has 0 aromatic heterocycles. The quantitative estimate of drug-likeness (QED) is 0.0556. The third kappa shape index (κ3) is 25.5. The van der Waals surface area contributed by atoms with Crippen LogP contribution in [0, 0.1) is 0 Å². The highest BCUT2D eigenvalue weighted by Crippen LogP contribution is 2.14. The summed E-state index contributed by atoms with van der Waals surface area (Å²) >= 11 is 0. The van der Waals surface area contributed by atoms with Crippen molar-refractivity contribution in [1.82, 2.24) is 5.32 Å². The van der Waals surface area contributed by atoms with Crippen molar-refractivity contribution in [1.29, 1.82) is 0 Å². The van der Waals surface area contributed by atoms with Crippen LogP contribution >= 0.6 is 0 Å². The molecule has 0 rings (SSSR count). The number of carbonyl (C=O) groups excluding carboxylic acids is 1. The van der Waals surface area contributed by atoms with Crippen LogP contribution in [-0.2, 0) is 4.79 Å². The summed E-state index contributed by atoms with van der Waals surface area (Å²) < 4.78 is 0. The van der Waals surface area contributed by atoms with Crippen LogP contribution in [0.25, 0.3) is 0 Å². The van der Waals surface area contributed by atoms with E-state index in [0.717, 1.165) is 51.4 Å². The van der Waals surface area contributed by atoms with Gasteiger partial charge in [0.2, 0.25) is 5.91 Å². The minimum absolute atomic E-state index is 0.161. The Bertz CT molecular complexity index is 578.